The molecule has 0 radical (unpaired) electrons. The number of oxazole rings is 1. The van der Waals surface area contributed by atoms with Crippen LogP contribution in [0.4, 0.5) is 5.69 Å². The molecule has 1 heterocycles. The van der Waals surface area contributed by atoms with Crippen LogP contribution in [0.1, 0.15) is 56.0 Å². The molecule has 1 amide bonds. The number of fused-ring (bicyclic) bond motifs is 1. The van der Waals surface area contributed by atoms with Gasteiger partial charge in [0, 0.05) is 16.8 Å². The van der Waals surface area contributed by atoms with Crippen molar-refractivity contribution in [3.63, 3.8) is 0 Å². The molecule has 0 saturated heterocycles. The van der Waals surface area contributed by atoms with Crippen LogP contribution in [-0.2, 0) is 0 Å². The number of nitrogens with zero attached hydrogens (tertiary/aromatic N) is 1. The van der Waals surface area contributed by atoms with Crippen LogP contribution < -0.4 is 15.4 Å². The van der Waals surface area contributed by atoms with Gasteiger partial charge in [-0.15, -0.1) is 0 Å². The largest absolute Gasteiger partial charge is 0.491 e. The Balaban J connectivity index is 1.43. The summed E-state index contributed by atoms with van der Waals surface area (Å²) in [7, 11) is 0. The van der Waals surface area contributed by atoms with Crippen molar-refractivity contribution >= 4 is 40.0 Å². The van der Waals surface area contributed by atoms with E-state index >= 15 is 0 Å². The first-order chi connectivity index (χ1) is 16.8. The number of aromatic nitrogens is 1. The van der Waals surface area contributed by atoms with Crippen molar-refractivity contribution in [1.29, 1.82) is 0 Å². The maximum atomic E-state index is 12.6. The number of hydrogen-bond donors (Lipinski definition) is 2. The molecule has 180 valence electrons. The first kappa shape index (κ1) is 24.4. The predicted octanol–water partition coefficient (Wildman–Crippen LogP) is 6.92. The average Bonchev–Trinajstić information content (AvgIpc) is 3.27. The number of ether oxygens (including phenoxy) is 1. The summed E-state index contributed by atoms with van der Waals surface area (Å²) in [6.07, 6.45) is 1.14. The van der Waals surface area contributed by atoms with Crippen LogP contribution in [0.5, 0.6) is 5.75 Å². The van der Waals surface area contributed by atoms with Gasteiger partial charge in [0.05, 0.1) is 6.10 Å². The van der Waals surface area contributed by atoms with Crippen LogP contribution in [0.3, 0.4) is 0 Å². The van der Waals surface area contributed by atoms with Gasteiger partial charge in [-0.2, -0.15) is 0 Å². The number of thiocarbonyl (C=S) groups is 1. The molecule has 0 aliphatic carbocycles. The Morgan fingerprint density at radius 3 is 2.54 bits per heavy atom. The summed E-state index contributed by atoms with van der Waals surface area (Å²) in [5, 5.41) is 5.97. The zero-order valence-electron chi connectivity index (χ0n) is 20.3. The van der Waals surface area contributed by atoms with Crippen molar-refractivity contribution in [2.24, 2.45) is 0 Å². The average molecular weight is 488 g/mol. The highest BCUT2D eigenvalue weighted by molar-refractivity contribution is 7.80. The number of anilines is 1. The van der Waals surface area contributed by atoms with E-state index in [2.05, 4.69) is 41.6 Å². The fourth-order valence-corrected chi connectivity index (χ4v) is 3.85. The van der Waals surface area contributed by atoms with Crippen LogP contribution in [0, 0.1) is 0 Å². The molecule has 6 nitrogen and oxygen atoms in total. The normalized spacial score (nSPS) is 11.9. The van der Waals surface area contributed by atoms with Gasteiger partial charge >= 0.3 is 0 Å². The first-order valence-electron chi connectivity index (χ1n) is 11.7. The van der Waals surface area contributed by atoms with Gasteiger partial charge in [-0.05, 0) is 98.6 Å². The minimum absolute atomic E-state index is 0.0687. The molecule has 1 aromatic heterocycles. The Kier molecular flexibility index (Phi) is 7.46. The molecule has 3 aromatic carbocycles. The van der Waals surface area contributed by atoms with E-state index in [1.165, 1.54) is 5.56 Å². The number of nitrogens with one attached hydrogen (secondary N) is 2. The fraction of sp³-hybridized carbons (Fsp3) is 0.250. The van der Waals surface area contributed by atoms with Crippen molar-refractivity contribution in [3.05, 3.63) is 77.9 Å². The summed E-state index contributed by atoms with van der Waals surface area (Å²) in [6, 6.07) is 20.7. The minimum Gasteiger partial charge on any atom is -0.491 e. The third kappa shape index (κ3) is 6.05. The molecule has 35 heavy (non-hydrogen) atoms. The number of rotatable bonds is 7. The SMILES string of the molecule is CC[C@@H](C)c1ccc2oc(-c3cccc(NC(=S)NC(=O)c4ccc(OC(C)C)cc4)c3)nc2c1. The molecular weight excluding hydrogens is 458 g/mol. The van der Waals surface area contributed by atoms with Gasteiger partial charge in [-0.25, -0.2) is 4.98 Å². The van der Waals surface area contributed by atoms with Gasteiger partial charge in [-0.1, -0.05) is 26.0 Å². The standard InChI is InChI=1S/C28H29N3O3S/c1-5-18(4)20-11-14-25-24(16-20)30-27(34-25)21-7-6-8-22(15-21)29-28(35)31-26(32)19-9-12-23(13-10-19)33-17(2)3/h6-18H,5H2,1-4H3,(H2,29,31,32,35)/t18-/m1/s1. The van der Waals surface area contributed by atoms with Gasteiger partial charge in [0.25, 0.3) is 5.91 Å². The highest BCUT2D eigenvalue weighted by Gasteiger charge is 2.13. The molecule has 0 bridgehead atoms. The lowest BCUT2D eigenvalue weighted by atomic mass is 9.98. The summed E-state index contributed by atoms with van der Waals surface area (Å²) < 4.78 is 11.6. The second-order valence-corrected chi connectivity index (χ2v) is 9.14. The highest BCUT2D eigenvalue weighted by atomic mass is 32.1. The lowest BCUT2D eigenvalue weighted by Crippen LogP contribution is -2.34. The number of hydrogen-bond acceptors (Lipinski definition) is 5. The Labute approximate surface area is 210 Å². The molecule has 0 fully saturated rings. The molecule has 2 N–H and O–H groups in total. The van der Waals surface area contributed by atoms with E-state index in [1.807, 2.05) is 44.2 Å². The van der Waals surface area contributed by atoms with Crippen molar-refractivity contribution < 1.29 is 13.9 Å². The minimum atomic E-state index is -0.300. The smallest absolute Gasteiger partial charge is 0.257 e. The molecule has 0 aliphatic heterocycles. The lowest BCUT2D eigenvalue weighted by molar-refractivity contribution is 0.0977. The van der Waals surface area contributed by atoms with E-state index in [0.29, 0.717) is 23.1 Å². The zero-order valence-corrected chi connectivity index (χ0v) is 21.1. The van der Waals surface area contributed by atoms with E-state index in [0.717, 1.165) is 28.8 Å². The van der Waals surface area contributed by atoms with Gasteiger partial charge in [0.1, 0.15) is 11.3 Å². The molecule has 0 spiro atoms. The van der Waals surface area contributed by atoms with E-state index in [1.54, 1.807) is 24.3 Å². The van der Waals surface area contributed by atoms with E-state index < -0.39 is 0 Å². The Morgan fingerprint density at radius 2 is 1.83 bits per heavy atom. The van der Waals surface area contributed by atoms with Crippen LogP contribution >= 0.6 is 12.2 Å². The summed E-state index contributed by atoms with van der Waals surface area (Å²) >= 11 is 5.35. The van der Waals surface area contributed by atoms with E-state index in [-0.39, 0.29) is 17.1 Å². The molecule has 0 saturated carbocycles. The second kappa shape index (κ2) is 10.7. The molecule has 4 aromatic rings. The van der Waals surface area contributed by atoms with E-state index in [4.69, 9.17) is 21.4 Å². The third-order valence-corrected chi connectivity index (χ3v) is 5.88. The molecule has 4 rings (SSSR count). The quantitative estimate of drug-likeness (QED) is 0.276. The zero-order chi connectivity index (χ0) is 24.9. The van der Waals surface area contributed by atoms with Gasteiger partial charge in [0.15, 0.2) is 10.7 Å². The highest BCUT2D eigenvalue weighted by Crippen LogP contribution is 2.29. The van der Waals surface area contributed by atoms with Crippen LogP contribution in [-0.4, -0.2) is 22.1 Å². The molecule has 1 atom stereocenters. The van der Waals surface area contributed by atoms with Crippen molar-refractivity contribution in [2.75, 3.05) is 5.32 Å². The van der Waals surface area contributed by atoms with E-state index in [9.17, 15) is 4.79 Å². The summed E-state index contributed by atoms with van der Waals surface area (Å²) in [5.41, 5.74) is 4.85. The third-order valence-electron chi connectivity index (χ3n) is 5.68. The Hall–Kier alpha value is -3.71. The predicted molar refractivity (Wildman–Crippen MR) is 144 cm³/mol. The van der Waals surface area contributed by atoms with Crippen molar-refractivity contribution in [3.8, 4) is 17.2 Å². The Bertz CT molecular complexity index is 1350. The number of amides is 1. The maximum absolute atomic E-state index is 12.6. The van der Waals surface area contributed by atoms with Gasteiger partial charge < -0.3 is 14.5 Å². The molecule has 0 unspecified atom stereocenters. The number of carbonyl (C=O) groups excluding carboxylic acids is 1. The van der Waals surface area contributed by atoms with Crippen molar-refractivity contribution in [2.45, 2.75) is 46.1 Å². The fourth-order valence-electron chi connectivity index (χ4n) is 3.63. The molecule has 7 heteroatoms. The Morgan fingerprint density at radius 1 is 1.06 bits per heavy atom. The summed E-state index contributed by atoms with van der Waals surface area (Å²) in [5.74, 6) is 1.41. The summed E-state index contributed by atoms with van der Waals surface area (Å²) in [4.78, 5) is 17.2. The van der Waals surface area contributed by atoms with Gasteiger partial charge in [0.2, 0.25) is 5.89 Å². The van der Waals surface area contributed by atoms with Crippen LogP contribution in [0.25, 0.3) is 22.6 Å². The van der Waals surface area contributed by atoms with Crippen molar-refractivity contribution in [1.82, 2.24) is 10.3 Å². The van der Waals surface area contributed by atoms with Crippen LogP contribution in [0.2, 0.25) is 0 Å². The topological polar surface area (TPSA) is 76.4 Å². The molecular formula is C28H29N3O3S. The van der Waals surface area contributed by atoms with Crippen LogP contribution in [0.15, 0.2) is 71.1 Å². The first-order valence-corrected chi connectivity index (χ1v) is 12.1. The molecule has 0 aliphatic rings. The second-order valence-electron chi connectivity index (χ2n) is 8.74. The monoisotopic (exact) mass is 487 g/mol. The number of benzene rings is 3. The lowest BCUT2D eigenvalue weighted by Gasteiger charge is -2.12. The maximum Gasteiger partial charge on any atom is 0.257 e. The summed E-state index contributed by atoms with van der Waals surface area (Å²) in [6.45, 7) is 8.28. The van der Waals surface area contributed by atoms with Gasteiger partial charge in [-0.3, -0.25) is 10.1 Å². The number of carbonyl (C=O) groups is 1.